The van der Waals surface area contributed by atoms with Gasteiger partial charge < -0.3 is 26.8 Å². The van der Waals surface area contributed by atoms with Crippen LogP contribution < -0.4 is 21.7 Å². The van der Waals surface area contributed by atoms with Crippen LogP contribution in [0.25, 0.3) is 0 Å². The lowest BCUT2D eigenvalue weighted by Crippen LogP contribution is -2.54. The highest BCUT2D eigenvalue weighted by Gasteiger charge is 2.25. The van der Waals surface area contributed by atoms with Gasteiger partial charge in [-0.2, -0.15) is 12.6 Å². The average Bonchev–Trinajstić information content (AvgIpc) is 2.53. The third kappa shape index (κ3) is 8.41. The lowest BCUT2D eigenvalue weighted by molar-refractivity contribution is -0.138. The molecule has 3 amide bonds. The Bertz CT molecular complexity index is 446. The van der Waals surface area contributed by atoms with Gasteiger partial charge in [0.1, 0.15) is 12.6 Å². The lowest BCUT2D eigenvalue weighted by atomic mass is 9.99. The first-order valence-corrected chi connectivity index (χ1v) is 7.79. The summed E-state index contributed by atoms with van der Waals surface area (Å²) >= 11 is 3.99. The molecule has 132 valence electrons. The van der Waals surface area contributed by atoms with E-state index in [4.69, 9.17) is 10.8 Å². The van der Waals surface area contributed by atoms with E-state index in [0.717, 1.165) is 6.42 Å². The van der Waals surface area contributed by atoms with Gasteiger partial charge in [-0.1, -0.05) is 20.3 Å². The highest BCUT2D eigenvalue weighted by Crippen LogP contribution is 2.05. The second-order valence-corrected chi connectivity index (χ2v) is 5.41. The van der Waals surface area contributed by atoms with Gasteiger partial charge in [0.05, 0.1) is 12.6 Å². The second kappa shape index (κ2) is 10.8. The number of carboxylic acid groups (broad SMARTS) is 1. The number of hydrogen-bond acceptors (Lipinski definition) is 6. The number of aliphatic carboxylic acids is 1. The maximum Gasteiger partial charge on any atom is 0.322 e. The van der Waals surface area contributed by atoms with Gasteiger partial charge >= 0.3 is 5.97 Å². The third-order valence-electron chi connectivity index (χ3n) is 3.24. The van der Waals surface area contributed by atoms with Crippen molar-refractivity contribution in [2.45, 2.75) is 32.4 Å². The lowest BCUT2D eigenvalue weighted by Gasteiger charge is -2.22. The normalized spacial score (nSPS) is 14.3. The van der Waals surface area contributed by atoms with Crippen LogP contribution in [-0.4, -0.2) is 59.7 Å². The maximum absolute atomic E-state index is 11.9. The van der Waals surface area contributed by atoms with Crippen molar-refractivity contribution < 1.29 is 24.3 Å². The van der Waals surface area contributed by atoms with Gasteiger partial charge in [-0.15, -0.1) is 0 Å². The average molecular weight is 348 g/mol. The van der Waals surface area contributed by atoms with Crippen molar-refractivity contribution in [1.29, 1.82) is 0 Å². The van der Waals surface area contributed by atoms with E-state index < -0.39 is 48.9 Å². The number of amides is 3. The molecule has 6 N–H and O–H groups in total. The summed E-state index contributed by atoms with van der Waals surface area (Å²) in [7, 11) is 0. The molecule has 0 aliphatic rings. The Kier molecular flexibility index (Phi) is 9.99. The minimum absolute atomic E-state index is 0.0293. The van der Waals surface area contributed by atoms with Crippen molar-refractivity contribution in [2.24, 2.45) is 11.7 Å². The summed E-state index contributed by atoms with van der Waals surface area (Å²) in [6.07, 6.45) is 0.718. The van der Waals surface area contributed by atoms with Gasteiger partial charge in [-0.05, 0) is 5.92 Å². The van der Waals surface area contributed by atoms with E-state index in [1.165, 1.54) is 0 Å². The van der Waals surface area contributed by atoms with Crippen molar-refractivity contribution in [2.75, 3.05) is 18.8 Å². The Morgan fingerprint density at radius 2 is 1.74 bits per heavy atom. The minimum Gasteiger partial charge on any atom is -0.480 e. The van der Waals surface area contributed by atoms with Crippen LogP contribution in [0.15, 0.2) is 0 Å². The van der Waals surface area contributed by atoms with Gasteiger partial charge in [0.2, 0.25) is 17.7 Å². The summed E-state index contributed by atoms with van der Waals surface area (Å²) in [5, 5.41) is 15.3. The van der Waals surface area contributed by atoms with Crippen LogP contribution in [0.1, 0.15) is 20.3 Å². The fraction of sp³-hybridized carbons (Fsp3) is 0.692. The maximum atomic E-state index is 11.9. The molecular weight excluding hydrogens is 324 g/mol. The molecular formula is C13H24N4O5S. The van der Waals surface area contributed by atoms with Crippen LogP contribution in [0, 0.1) is 5.92 Å². The molecule has 9 nitrogen and oxygen atoms in total. The summed E-state index contributed by atoms with van der Waals surface area (Å²) in [5.74, 6) is -2.92. The smallest absolute Gasteiger partial charge is 0.322 e. The summed E-state index contributed by atoms with van der Waals surface area (Å²) in [5.41, 5.74) is 5.78. The predicted molar refractivity (Wildman–Crippen MR) is 86.9 cm³/mol. The number of nitrogens with one attached hydrogen (secondary N) is 3. The standard InChI is InChI=1S/C13H24N4O5S/c1-3-7(2)11(14)13(22)17-8(6-23)12(21)16-4-9(18)15-5-10(19)20/h7-8,11,23H,3-6,14H2,1-2H3,(H,15,18)(H,16,21)(H,17,22)(H,19,20). The monoisotopic (exact) mass is 348 g/mol. The molecule has 0 aliphatic carbocycles. The third-order valence-corrected chi connectivity index (χ3v) is 3.60. The topological polar surface area (TPSA) is 151 Å². The van der Waals surface area contributed by atoms with Crippen LogP contribution in [0.3, 0.4) is 0 Å². The number of hydrogen-bond donors (Lipinski definition) is 6. The Hall–Kier alpha value is -1.81. The molecule has 0 aliphatic heterocycles. The molecule has 0 aromatic rings. The van der Waals surface area contributed by atoms with Gasteiger partial charge in [-0.3, -0.25) is 19.2 Å². The molecule has 0 aromatic carbocycles. The molecule has 10 heteroatoms. The molecule has 0 radical (unpaired) electrons. The Balaban J connectivity index is 4.39. The fourth-order valence-corrected chi connectivity index (χ4v) is 1.76. The Morgan fingerprint density at radius 1 is 1.13 bits per heavy atom. The molecule has 0 fully saturated rings. The van der Waals surface area contributed by atoms with Crippen LogP contribution in [0.4, 0.5) is 0 Å². The van der Waals surface area contributed by atoms with Crippen LogP contribution in [0.5, 0.6) is 0 Å². The van der Waals surface area contributed by atoms with E-state index >= 15 is 0 Å². The number of carboxylic acids is 1. The zero-order chi connectivity index (χ0) is 18.0. The zero-order valence-electron chi connectivity index (χ0n) is 13.2. The van der Waals surface area contributed by atoms with Crippen molar-refractivity contribution in [3.05, 3.63) is 0 Å². The highest BCUT2D eigenvalue weighted by molar-refractivity contribution is 7.80. The number of carbonyl (C=O) groups is 4. The number of thiol groups is 1. The van der Waals surface area contributed by atoms with Crippen molar-refractivity contribution in [3.63, 3.8) is 0 Å². The van der Waals surface area contributed by atoms with Gasteiger partial charge in [0.25, 0.3) is 0 Å². The van der Waals surface area contributed by atoms with E-state index in [-0.39, 0.29) is 11.7 Å². The summed E-state index contributed by atoms with van der Waals surface area (Å²) < 4.78 is 0. The van der Waals surface area contributed by atoms with Gasteiger partial charge in [0.15, 0.2) is 0 Å². The van der Waals surface area contributed by atoms with Crippen LogP contribution in [-0.2, 0) is 19.2 Å². The van der Waals surface area contributed by atoms with Crippen LogP contribution >= 0.6 is 12.6 Å². The first-order chi connectivity index (χ1) is 10.7. The molecule has 0 aromatic heterocycles. The quantitative estimate of drug-likeness (QED) is 0.254. The molecule has 23 heavy (non-hydrogen) atoms. The Labute approximate surface area is 140 Å². The molecule has 0 saturated heterocycles. The van der Waals surface area contributed by atoms with Crippen molar-refractivity contribution in [3.8, 4) is 0 Å². The minimum atomic E-state index is -1.19. The zero-order valence-corrected chi connectivity index (χ0v) is 14.1. The number of rotatable bonds is 10. The predicted octanol–water partition coefficient (Wildman–Crippen LogP) is -1.91. The molecule has 0 rings (SSSR count). The first-order valence-electron chi connectivity index (χ1n) is 7.15. The molecule has 0 spiro atoms. The summed E-state index contributed by atoms with van der Waals surface area (Å²) in [6.45, 7) is 2.79. The van der Waals surface area contributed by atoms with E-state index in [1.807, 2.05) is 13.8 Å². The van der Waals surface area contributed by atoms with Gasteiger partial charge in [0, 0.05) is 5.75 Å². The SMILES string of the molecule is CCC(C)C(N)C(=O)NC(CS)C(=O)NCC(=O)NCC(=O)O. The first kappa shape index (κ1) is 21.2. The molecule has 3 atom stereocenters. The van der Waals surface area contributed by atoms with E-state index in [2.05, 4.69) is 28.6 Å². The summed E-state index contributed by atoms with van der Waals surface area (Å²) in [6, 6.07) is -1.68. The second-order valence-electron chi connectivity index (χ2n) is 5.04. The van der Waals surface area contributed by atoms with Crippen molar-refractivity contribution in [1.82, 2.24) is 16.0 Å². The fourth-order valence-electron chi connectivity index (χ4n) is 1.50. The van der Waals surface area contributed by atoms with E-state index in [0.29, 0.717) is 0 Å². The van der Waals surface area contributed by atoms with Crippen LogP contribution in [0.2, 0.25) is 0 Å². The van der Waals surface area contributed by atoms with E-state index in [9.17, 15) is 19.2 Å². The van der Waals surface area contributed by atoms with Gasteiger partial charge in [-0.25, -0.2) is 0 Å². The number of carbonyl (C=O) groups excluding carboxylic acids is 3. The molecule has 3 unspecified atom stereocenters. The van der Waals surface area contributed by atoms with E-state index in [1.54, 1.807) is 0 Å². The molecule has 0 saturated carbocycles. The largest absolute Gasteiger partial charge is 0.480 e. The van der Waals surface area contributed by atoms with Crippen molar-refractivity contribution >= 4 is 36.3 Å². The molecule has 0 bridgehead atoms. The Morgan fingerprint density at radius 3 is 2.22 bits per heavy atom. The molecule has 0 heterocycles. The highest BCUT2D eigenvalue weighted by atomic mass is 32.1. The number of nitrogens with two attached hydrogens (primary N) is 1. The summed E-state index contributed by atoms with van der Waals surface area (Å²) in [4.78, 5) is 45.4.